The maximum absolute atomic E-state index is 8.98. The molecule has 1 atom stereocenters. The number of hydrogen-bond donors (Lipinski definition) is 1. The molecule has 2 rings (SSSR count). The Kier molecular flexibility index (Phi) is 3.02. The van der Waals surface area contributed by atoms with E-state index in [-0.39, 0.29) is 12.6 Å². The summed E-state index contributed by atoms with van der Waals surface area (Å²) in [5.74, 6) is 1.99. The van der Waals surface area contributed by atoms with Gasteiger partial charge in [-0.1, -0.05) is 5.16 Å². The molecule has 0 radical (unpaired) electrons. The molecule has 1 saturated carbocycles. The van der Waals surface area contributed by atoms with Crippen LogP contribution in [0.3, 0.4) is 0 Å². The summed E-state index contributed by atoms with van der Waals surface area (Å²) in [6.07, 6.45) is 2.34. The van der Waals surface area contributed by atoms with E-state index in [0.29, 0.717) is 18.3 Å². The molecule has 1 aliphatic rings. The van der Waals surface area contributed by atoms with Gasteiger partial charge in [0.25, 0.3) is 0 Å². The Labute approximate surface area is 89.1 Å². The average Bonchev–Trinajstić information content (AvgIpc) is 2.99. The minimum atomic E-state index is 0.118. The summed E-state index contributed by atoms with van der Waals surface area (Å²) in [4.78, 5) is 6.33. The van der Waals surface area contributed by atoms with Crippen molar-refractivity contribution in [1.29, 1.82) is 0 Å². The summed E-state index contributed by atoms with van der Waals surface area (Å²) in [5.41, 5.74) is 0. The molecule has 1 aromatic rings. The Morgan fingerprint density at radius 2 is 2.33 bits per heavy atom. The molecule has 84 valence electrons. The van der Waals surface area contributed by atoms with Crippen LogP contribution in [-0.4, -0.2) is 39.8 Å². The van der Waals surface area contributed by atoms with Crippen LogP contribution >= 0.6 is 0 Å². The lowest BCUT2D eigenvalue weighted by molar-refractivity contribution is 0.150. The molecule has 0 aromatic carbocycles. The Morgan fingerprint density at radius 1 is 1.60 bits per heavy atom. The quantitative estimate of drug-likeness (QED) is 0.779. The fraction of sp³-hybridized carbons (Fsp3) is 0.800. The normalized spacial score (nSPS) is 18.4. The predicted molar refractivity (Wildman–Crippen MR) is 54.3 cm³/mol. The van der Waals surface area contributed by atoms with Crippen molar-refractivity contribution in [2.45, 2.75) is 38.3 Å². The van der Waals surface area contributed by atoms with Gasteiger partial charge in [-0.2, -0.15) is 4.98 Å². The van der Waals surface area contributed by atoms with Crippen molar-refractivity contribution in [1.82, 2.24) is 15.0 Å². The first-order valence-corrected chi connectivity index (χ1v) is 5.34. The van der Waals surface area contributed by atoms with Gasteiger partial charge in [0.2, 0.25) is 5.89 Å². The standard InChI is InChI=1S/C10H17N3O2/c1-7(6-14)13(2)5-9-11-10(15-12-9)8-3-4-8/h7-8,14H,3-6H2,1-2H3. The fourth-order valence-corrected chi connectivity index (χ4v) is 1.35. The molecule has 1 N–H and O–H groups in total. The van der Waals surface area contributed by atoms with Crippen LogP contribution in [0.15, 0.2) is 4.52 Å². The Balaban J connectivity index is 1.91. The monoisotopic (exact) mass is 211 g/mol. The van der Waals surface area contributed by atoms with Gasteiger partial charge in [0.15, 0.2) is 5.82 Å². The molecule has 15 heavy (non-hydrogen) atoms. The van der Waals surface area contributed by atoms with Crippen LogP contribution in [0, 0.1) is 0 Å². The Bertz CT molecular complexity index is 322. The lowest BCUT2D eigenvalue weighted by Crippen LogP contribution is -2.31. The zero-order chi connectivity index (χ0) is 10.8. The highest BCUT2D eigenvalue weighted by Crippen LogP contribution is 2.38. The van der Waals surface area contributed by atoms with Crippen molar-refractivity contribution in [3.05, 3.63) is 11.7 Å². The third-order valence-corrected chi connectivity index (χ3v) is 2.82. The smallest absolute Gasteiger partial charge is 0.229 e. The van der Waals surface area contributed by atoms with E-state index in [1.54, 1.807) is 0 Å². The third kappa shape index (κ3) is 2.54. The van der Waals surface area contributed by atoms with Gasteiger partial charge in [0.05, 0.1) is 13.2 Å². The van der Waals surface area contributed by atoms with E-state index in [2.05, 4.69) is 10.1 Å². The molecular weight excluding hydrogens is 194 g/mol. The van der Waals surface area contributed by atoms with E-state index < -0.39 is 0 Å². The summed E-state index contributed by atoms with van der Waals surface area (Å²) in [7, 11) is 1.94. The SMILES string of the molecule is CC(CO)N(C)Cc1noc(C2CC2)n1. The number of rotatable bonds is 5. The van der Waals surface area contributed by atoms with E-state index in [9.17, 15) is 0 Å². The first-order valence-electron chi connectivity index (χ1n) is 5.34. The van der Waals surface area contributed by atoms with Gasteiger partial charge in [-0.3, -0.25) is 4.90 Å². The van der Waals surface area contributed by atoms with Crippen LogP contribution in [0.2, 0.25) is 0 Å². The highest BCUT2D eigenvalue weighted by atomic mass is 16.5. The van der Waals surface area contributed by atoms with Gasteiger partial charge in [-0.05, 0) is 26.8 Å². The molecule has 1 aliphatic carbocycles. The summed E-state index contributed by atoms with van der Waals surface area (Å²) < 4.78 is 5.15. The third-order valence-electron chi connectivity index (χ3n) is 2.82. The lowest BCUT2D eigenvalue weighted by Gasteiger charge is -2.20. The first-order chi connectivity index (χ1) is 7.20. The lowest BCUT2D eigenvalue weighted by atomic mass is 10.3. The molecule has 5 nitrogen and oxygen atoms in total. The van der Waals surface area contributed by atoms with Crippen LogP contribution in [0.4, 0.5) is 0 Å². The van der Waals surface area contributed by atoms with Crippen molar-refractivity contribution < 1.29 is 9.63 Å². The number of aliphatic hydroxyl groups is 1. The number of aliphatic hydroxyl groups excluding tert-OH is 1. The van der Waals surface area contributed by atoms with E-state index in [1.807, 2.05) is 18.9 Å². The van der Waals surface area contributed by atoms with Gasteiger partial charge >= 0.3 is 0 Å². The summed E-state index contributed by atoms with van der Waals surface area (Å²) >= 11 is 0. The zero-order valence-electron chi connectivity index (χ0n) is 9.18. The highest BCUT2D eigenvalue weighted by molar-refractivity contribution is 5.01. The van der Waals surface area contributed by atoms with Crippen molar-refractivity contribution in [2.75, 3.05) is 13.7 Å². The zero-order valence-corrected chi connectivity index (χ0v) is 9.18. The Morgan fingerprint density at radius 3 is 2.93 bits per heavy atom. The molecule has 0 bridgehead atoms. The molecule has 0 aliphatic heterocycles. The Hall–Kier alpha value is -0.940. The molecule has 1 fully saturated rings. The van der Waals surface area contributed by atoms with Crippen LogP contribution < -0.4 is 0 Å². The largest absolute Gasteiger partial charge is 0.395 e. The van der Waals surface area contributed by atoms with Crippen molar-refractivity contribution in [3.8, 4) is 0 Å². The summed E-state index contributed by atoms with van der Waals surface area (Å²) in [5, 5.41) is 12.9. The minimum absolute atomic E-state index is 0.118. The maximum atomic E-state index is 8.98. The molecule has 1 aromatic heterocycles. The van der Waals surface area contributed by atoms with Crippen molar-refractivity contribution >= 4 is 0 Å². The van der Waals surface area contributed by atoms with Crippen LogP contribution in [0.1, 0.15) is 37.4 Å². The second-order valence-electron chi connectivity index (χ2n) is 4.27. The number of aromatic nitrogens is 2. The van der Waals surface area contributed by atoms with Gasteiger partial charge in [-0.25, -0.2) is 0 Å². The molecule has 0 amide bonds. The van der Waals surface area contributed by atoms with Gasteiger partial charge in [0, 0.05) is 12.0 Å². The summed E-state index contributed by atoms with van der Waals surface area (Å²) in [6, 6.07) is 0.118. The van der Waals surface area contributed by atoms with Gasteiger partial charge in [0.1, 0.15) is 0 Å². The van der Waals surface area contributed by atoms with Crippen molar-refractivity contribution in [2.24, 2.45) is 0 Å². The van der Waals surface area contributed by atoms with Gasteiger partial charge in [-0.15, -0.1) is 0 Å². The molecule has 5 heteroatoms. The van der Waals surface area contributed by atoms with E-state index in [0.717, 1.165) is 5.89 Å². The second-order valence-corrected chi connectivity index (χ2v) is 4.27. The predicted octanol–water partition coefficient (Wildman–Crippen LogP) is 0.760. The van der Waals surface area contributed by atoms with Crippen molar-refractivity contribution in [3.63, 3.8) is 0 Å². The van der Waals surface area contributed by atoms with E-state index >= 15 is 0 Å². The van der Waals surface area contributed by atoms with Gasteiger partial charge < -0.3 is 9.63 Å². The highest BCUT2D eigenvalue weighted by Gasteiger charge is 2.29. The minimum Gasteiger partial charge on any atom is -0.395 e. The topological polar surface area (TPSA) is 62.4 Å². The average molecular weight is 211 g/mol. The fourth-order valence-electron chi connectivity index (χ4n) is 1.35. The second kappa shape index (κ2) is 4.28. The maximum Gasteiger partial charge on any atom is 0.229 e. The van der Waals surface area contributed by atoms with Crippen LogP contribution in [0.25, 0.3) is 0 Å². The van der Waals surface area contributed by atoms with E-state index in [4.69, 9.17) is 9.63 Å². The molecule has 0 spiro atoms. The molecule has 1 heterocycles. The molecule has 0 saturated heterocycles. The summed E-state index contributed by atoms with van der Waals surface area (Å²) in [6.45, 7) is 2.73. The molecular formula is C10H17N3O2. The first kappa shape index (κ1) is 10.6. The number of nitrogens with zero attached hydrogens (tertiary/aromatic N) is 3. The number of hydrogen-bond acceptors (Lipinski definition) is 5. The van der Waals surface area contributed by atoms with Crippen LogP contribution in [0.5, 0.6) is 0 Å². The number of likely N-dealkylation sites (N-methyl/N-ethyl adjacent to an activating group) is 1. The van der Waals surface area contributed by atoms with E-state index in [1.165, 1.54) is 12.8 Å². The molecule has 1 unspecified atom stereocenters. The van der Waals surface area contributed by atoms with Crippen LogP contribution in [-0.2, 0) is 6.54 Å².